The van der Waals surface area contributed by atoms with Gasteiger partial charge in [0.1, 0.15) is 17.8 Å². The standard InChI is InChI=1S/C47H56N8O5S/c1-27-21-34(31-13-15-32(16-14-31)37-23-38(52-53-44(37)48)36-9-7-8-10-40(36)57)19-20-54(27)25-41(58)51-43(47(4,5)6)46(60)55-24-35(56)22-39(55)45(59)50-28(2)30-11-17-33(18-12-30)42-29(3)49-26-61-42/h7-18,23,26-28,34-35,39,43,56-57H,19-22,24-25H2,1-6H3,(H2,48,53)(H,50,59)(H,51,58)/t27?,28?,34?,35-,39+,43?/m1/s1. The van der Waals surface area contributed by atoms with E-state index in [1.54, 1.807) is 29.5 Å². The van der Waals surface area contributed by atoms with Gasteiger partial charge in [0.2, 0.25) is 17.7 Å². The molecule has 7 rings (SSSR count). The summed E-state index contributed by atoms with van der Waals surface area (Å²) < 4.78 is 0. The van der Waals surface area contributed by atoms with Crippen LogP contribution in [0.25, 0.3) is 32.8 Å². The summed E-state index contributed by atoms with van der Waals surface area (Å²) in [6.07, 6.45) is 0.955. The first kappa shape index (κ1) is 43.4. The van der Waals surface area contributed by atoms with E-state index >= 15 is 0 Å². The van der Waals surface area contributed by atoms with E-state index in [1.807, 2.05) is 88.7 Å². The molecule has 6 N–H and O–H groups in total. The molecule has 0 bridgehead atoms. The molecule has 14 heteroatoms. The van der Waals surface area contributed by atoms with Gasteiger partial charge in [-0.05, 0) is 91.9 Å². The first-order valence-electron chi connectivity index (χ1n) is 20.9. The number of phenolic OH excluding ortho intramolecular Hbond substituents is 1. The molecule has 4 unspecified atom stereocenters. The number of aliphatic hydroxyl groups excluding tert-OH is 1. The number of amides is 3. The first-order valence-corrected chi connectivity index (χ1v) is 21.8. The Bertz CT molecular complexity index is 2360. The van der Waals surface area contributed by atoms with E-state index in [0.717, 1.165) is 45.7 Å². The van der Waals surface area contributed by atoms with Crippen molar-refractivity contribution in [3.8, 4) is 38.6 Å². The van der Waals surface area contributed by atoms with E-state index < -0.39 is 23.6 Å². The Morgan fingerprint density at radius 1 is 0.951 bits per heavy atom. The zero-order valence-electron chi connectivity index (χ0n) is 35.6. The van der Waals surface area contributed by atoms with Crippen LogP contribution in [-0.2, 0) is 14.4 Å². The number of aryl methyl sites for hydroxylation is 1. The number of hydrogen-bond acceptors (Lipinski definition) is 11. The highest BCUT2D eigenvalue weighted by molar-refractivity contribution is 7.13. The van der Waals surface area contributed by atoms with Crippen LogP contribution >= 0.6 is 11.3 Å². The Balaban J connectivity index is 0.949. The predicted molar refractivity (Wildman–Crippen MR) is 238 cm³/mol. The van der Waals surface area contributed by atoms with Crippen molar-refractivity contribution >= 4 is 34.9 Å². The molecule has 13 nitrogen and oxygen atoms in total. The summed E-state index contributed by atoms with van der Waals surface area (Å²) in [5.41, 5.74) is 14.3. The van der Waals surface area contributed by atoms with Gasteiger partial charge in [0.25, 0.3) is 0 Å². The minimum atomic E-state index is -0.911. The topological polar surface area (TPSA) is 187 Å². The second-order valence-electron chi connectivity index (χ2n) is 17.6. The van der Waals surface area contributed by atoms with E-state index in [0.29, 0.717) is 23.6 Å². The van der Waals surface area contributed by atoms with Gasteiger partial charge in [0.05, 0.1) is 40.5 Å². The van der Waals surface area contributed by atoms with E-state index in [9.17, 15) is 24.6 Å². The maximum Gasteiger partial charge on any atom is 0.246 e. The number of nitrogen functional groups attached to an aromatic ring is 1. The molecule has 320 valence electrons. The highest BCUT2D eigenvalue weighted by Crippen LogP contribution is 2.36. The number of hydrogen-bond donors (Lipinski definition) is 5. The summed E-state index contributed by atoms with van der Waals surface area (Å²) in [4.78, 5) is 50.8. The number of anilines is 1. The first-order chi connectivity index (χ1) is 29.1. The number of nitrogens with two attached hydrogens (primary N) is 1. The largest absolute Gasteiger partial charge is 0.507 e. The number of aromatic hydroxyl groups is 1. The molecule has 0 spiro atoms. The number of carbonyl (C=O) groups is 3. The average Bonchev–Trinajstić information content (AvgIpc) is 3.85. The molecular weight excluding hydrogens is 789 g/mol. The number of thiazole rings is 1. The average molecular weight is 845 g/mol. The van der Waals surface area contributed by atoms with Gasteiger partial charge in [0, 0.05) is 30.1 Å². The van der Waals surface area contributed by atoms with Crippen molar-refractivity contribution in [2.45, 2.75) is 97.0 Å². The number of β-amino-alcohol motifs (C(OH)–C–C–N with tert-alkyl or cyclic N) is 1. The van der Waals surface area contributed by atoms with Crippen LogP contribution in [0.2, 0.25) is 0 Å². The molecule has 3 amide bonds. The maximum atomic E-state index is 14.3. The maximum absolute atomic E-state index is 14.3. The van der Waals surface area contributed by atoms with E-state index in [-0.39, 0.29) is 61.0 Å². The van der Waals surface area contributed by atoms with Crippen molar-refractivity contribution in [1.82, 2.24) is 35.6 Å². The summed E-state index contributed by atoms with van der Waals surface area (Å²) in [5.74, 6) is -0.284. The number of nitrogens with one attached hydrogen (secondary N) is 2. The van der Waals surface area contributed by atoms with Gasteiger partial charge < -0.3 is 31.5 Å². The van der Waals surface area contributed by atoms with Crippen LogP contribution in [0.5, 0.6) is 5.75 Å². The summed E-state index contributed by atoms with van der Waals surface area (Å²) in [5, 5.41) is 35.5. The van der Waals surface area contributed by atoms with Crippen molar-refractivity contribution in [1.29, 1.82) is 0 Å². The molecule has 3 aromatic carbocycles. The number of rotatable bonds is 11. The minimum Gasteiger partial charge on any atom is -0.507 e. The van der Waals surface area contributed by atoms with E-state index in [2.05, 4.69) is 49.8 Å². The van der Waals surface area contributed by atoms with Gasteiger partial charge in [-0.25, -0.2) is 4.98 Å². The number of aliphatic hydroxyl groups is 1. The molecule has 2 aliphatic heterocycles. The number of piperidine rings is 1. The highest BCUT2D eigenvalue weighted by Gasteiger charge is 2.45. The molecule has 2 fully saturated rings. The number of phenols is 1. The number of likely N-dealkylation sites (tertiary alicyclic amines) is 2. The minimum absolute atomic E-state index is 0.00822. The van der Waals surface area contributed by atoms with Gasteiger partial charge in [0.15, 0.2) is 5.82 Å². The van der Waals surface area contributed by atoms with Gasteiger partial charge in [-0.2, -0.15) is 0 Å². The Hall–Kier alpha value is -5.70. The Labute approximate surface area is 361 Å². The lowest BCUT2D eigenvalue weighted by atomic mass is 9.84. The highest BCUT2D eigenvalue weighted by atomic mass is 32.1. The second-order valence-corrected chi connectivity index (χ2v) is 18.4. The van der Waals surface area contributed by atoms with Crippen LogP contribution < -0.4 is 16.4 Å². The van der Waals surface area contributed by atoms with Gasteiger partial charge in [-0.1, -0.05) is 81.4 Å². The van der Waals surface area contributed by atoms with Gasteiger partial charge in [-0.3, -0.25) is 19.3 Å². The summed E-state index contributed by atoms with van der Waals surface area (Å²) in [6, 6.07) is 23.1. The quantitative estimate of drug-likeness (QED) is 0.0987. The van der Waals surface area contributed by atoms with Gasteiger partial charge in [-0.15, -0.1) is 21.5 Å². The third-order valence-corrected chi connectivity index (χ3v) is 13.1. The molecule has 61 heavy (non-hydrogen) atoms. The zero-order chi connectivity index (χ0) is 43.6. The van der Waals surface area contributed by atoms with Crippen molar-refractivity contribution in [2.75, 3.05) is 25.4 Å². The Morgan fingerprint density at radius 3 is 2.31 bits per heavy atom. The summed E-state index contributed by atoms with van der Waals surface area (Å²) in [6.45, 7) is 12.5. The number of nitrogens with zero attached hydrogens (tertiary/aromatic N) is 5. The fraction of sp³-hybridized carbons (Fsp3) is 0.404. The Morgan fingerprint density at radius 2 is 1.66 bits per heavy atom. The summed E-state index contributed by atoms with van der Waals surface area (Å²) >= 11 is 1.58. The van der Waals surface area contributed by atoms with Crippen LogP contribution in [0.1, 0.15) is 82.7 Å². The molecule has 6 atom stereocenters. The molecule has 2 aromatic heterocycles. The molecule has 2 saturated heterocycles. The fourth-order valence-electron chi connectivity index (χ4n) is 8.55. The van der Waals surface area contributed by atoms with Crippen molar-refractivity contribution in [2.24, 2.45) is 5.41 Å². The van der Waals surface area contributed by atoms with E-state index in [4.69, 9.17) is 5.73 Å². The second kappa shape index (κ2) is 18.1. The van der Waals surface area contributed by atoms with Gasteiger partial charge >= 0.3 is 0 Å². The number of carbonyl (C=O) groups excluding carboxylic acids is 3. The lowest BCUT2D eigenvalue weighted by molar-refractivity contribution is -0.144. The smallest absolute Gasteiger partial charge is 0.246 e. The lowest BCUT2D eigenvalue weighted by Gasteiger charge is -2.39. The fourth-order valence-corrected chi connectivity index (χ4v) is 9.37. The molecule has 0 radical (unpaired) electrons. The molecular formula is C47H56N8O5S. The van der Waals surface area contributed by atoms with Crippen LogP contribution in [0.4, 0.5) is 5.82 Å². The van der Waals surface area contributed by atoms with Crippen molar-refractivity contribution in [3.63, 3.8) is 0 Å². The van der Waals surface area contributed by atoms with Crippen LogP contribution in [-0.4, -0.2) is 96.8 Å². The normalized spacial score (nSPS) is 20.5. The zero-order valence-corrected chi connectivity index (χ0v) is 36.4. The number of benzene rings is 3. The SMILES string of the molecule is Cc1ncsc1-c1ccc(C(C)NC(=O)[C@@H]2C[C@@H](O)CN2C(=O)C(NC(=O)CN2CCC(c3ccc(-c4cc(-c5ccccc5O)nnc4N)cc3)CC2C)C(C)(C)C)cc1. The molecule has 0 aliphatic carbocycles. The van der Waals surface area contributed by atoms with E-state index in [1.165, 1.54) is 10.5 Å². The summed E-state index contributed by atoms with van der Waals surface area (Å²) in [7, 11) is 0. The molecule has 0 saturated carbocycles. The van der Waals surface area contributed by atoms with Crippen molar-refractivity contribution in [3.05, 3.63) is 101 Å². The lowest BCUT2D eigenvalue weighted by Crippen LogP contribution is -2.59. The third kappa shape index (κ3) is 9.77. The number of aromatic nitrogens is 3. The molecule has 2 aliphatic rings. The van der Waals surface area contributed by atoms with Crippen molar-refractivity contribution < 1.29 is 24.6 Å². The molecule has 4 heterocycles. The Kier molecular flexibility index (Phi) is 12.9. The predicted octanol–water partition coefficient (Wildman–Crippen LogP) is 6.47. The molecule has 5 aromatic rings. The van der Waals surface area contributed by atoms with Crippen LogP contribution in [0.15, 0.2) is 84.4 Å². The monoisotopic (exact) mass is 844 g/mol. The number of para-hydroxylation sites is 1. The van der Waals surface area contributed by atoms with Crippen LogP contribution in [0.3, 0.4) is 0 Å². The van der Waals surface area contributed by atoms with Crippen LogP contribution in [0, 0.1) is 12.3 Å². The third-order valence-electron chi connectivity index (χ3n) is 12.1.